The van der Waals surface area contributed by atoms with Crippen LogP contribution in [0.1, 0.15) is 33.6 Å². The standard InChI is InChI=1S/C9H18O2/c1-6-4-7(10)8(11)9(2,3)5-6/h6-8,10-11H,4-5H2,1-3H3. The van der Waals surface area contributed by atoms with Crippen molar-refractivity contribution in [3.63, 3.8) is 0 Å². The van der Waals surface area contributed by atoms with Crippen LogP contribution in [0.4, 0.5) is 0 Å². The summed E-state index contributed by atoms with van der Waals surface area (Å²) < 4.78 is 0. The SMILES string of the molecule is CC1CC(O)C(O)C(C)(C)C1. The molecular weight excluding hydrogens is 140 g/mol. The van der Waals surface area contributed by atoms with Crippen LogP contribution in [0.5, 0.6) is 0 Å². The molecule has 0 amide bonds. The van der Waals surface area contributed by atoms with Crippen LogP contribution >= 0.6 is 0 Å². The second-order valence-electron chi connectivity index (χ2n) is 4.55. The molecule has 2 N–H and O–H groups in total. The third kappa shape index (κ3) is 1.74. The molecule has 1 rings (SSSR count). The number of aliphatic hydroxyl groups is 2. The zero-order chi connectivity index (χ0) is 8.65. The highest BCUT2D eigenvalue weighted by Gasteiger charge is 2.39. The van der Waals surface area contributed by atoms with Crippen molar-refractivity contribution in [2.45, 2.75) is 45.8 Å². The van der Waals surface area contributed by atoms with Gasteiger partial charge in [-0.3, -0.25) is 0 Å². The first-order valence-electron chi connectivity index (χ1n) is 4.29. The molecule has 0 aliphatic heterocycles. The van der Waals surface area contributed by atoms with Gasteiger partial charge in [0.1, 0.15) is 0 Å². The minimum atomic E-state index is -0.543. The van der Waals surface area contributed by atoms with Gasteiger partial charge in [0.2, 0.25) is 0 Å². The van der Waals surface area contributed by atoms with Crippen molar-refractivity contribution in [1.82, 2.24) is 0 Å². The maximum Gasteiger partial charge on any atom is 0.0850 e. The lowest BCUT2D eigenvalue weighted by molar-refractivity contribution is -0.0949. The Morgan fingerprint density at radius 1 is 1.27 bits per heavy atom. The van der Waals surface area contributed by atoms with E-state index in [0.717, 1.165) is 12.8 Å². The molecule has 11 heavy (non-hydrogen) atoms. The summed E-state index contributed by atoms with van der Waals surface area (Å²) in [5, 5.41) is 19.0. The number of hydrogen-bond acceptors (Lipinski definition) is 2. The lowest BCUT2D eigenvalue weighted by Crippen LogP contribution is -2.45. The minimum absolute atomic E-state index is 0.114. The molecule has 2 heteroatoms. The van der Waals surface area contributed by atoms with Crippen molar-refractivity contribution >= 4 is 0 Å². The molecule has 0 radical (unpaired) electrons. The van der Waals surface area contributed by atoms with Crippen molar-refractivity contribution in [3.8, 4) is 0 Å². The number of aliphatic hydroxyl groups excluding tert-OH is 2. The van der Waals surface area contributed by atoms with Crippen LogP contribution in [-0.2, 0) is 0 Å². The minimum Gasteiger partial charge on any atom is -0.390 e. The molecule has 0 aromatic rings. The van der Waals surface area contributed by atoms with E-state index < -0.39 is 12.2 Å². The molecule has 2 nitrogen and oxygen atoms in total. The van der Waals surface area contributed by atoms with Gasteiger partial charge < -0.3 is 10.2 Å². The summed E-state index contributed by atoms with van der Waals surface area (Å²) in [4.78, 5) is 0. The topological polar surface area (TPSA) is 40.5 Å². The van der Waals surface area contributed by atoms with Crippen LogP contribution in [0.2, 0.25) is 0 Å². The summed E-state index contributed by atoms with van der Waals surface area (Å²) in [5.41, 5.74) is -0.114. The smallest absolute Gasteiger partial charge is 0.0850 e. The van der Waals surface area contributed by atoms with Gasteiger partial charge in [0.25, 0.3) is 0 Å². The van der Waals surface area contributed by atoms with Crippen molar-refractivity contribution < 1.29 is 10.2 Å². The van der Waals surface area contributed by atoms with E-state index in [-0.39, 0.29) is 5.41 Å². The van der Waals surface area contributed by atoms with Crippen molar-refractivity contribution in [3.05, 3.63) is 0 Å². The van der Waals surface area contributed by atoms with E-state index in [9.17, 15) is 10.2 Å². The molecule has 0 aromatic carbocycles. The van der Waals surface area contributed by atoms with E-state index in [1.165, 1.54) is 0 Å². The van der Waals surface area contributed by atoms with Crippen molar-refractivity contribution in [2.24, 2.45) is 11.3 Å². The molecule has 1 fully saturated rings. The van der Waals surface area contributed by atoms with Crippen LogP contribution in [0.15, 0.2) is 0 Å². The van der Waals surface area contributed by atoms with Gasteiger partial charge in [-0.05, 0) is 24.2 Å². The van der Waals surface area contributed by atoms with Crippen LogP contribution in [0, 0.1) is 11.3 Å². The molecule has 66 valence electrons. The van der Waals surface area contributed by atoms with Crippen LogP contribution < -0.4 is 0 Å². The van der Waals surface area contributed by atoms with Gasteiger partial charge in [-0.25, -0.2) is 0 Å². The average Bonchev–Trinajstić information content (AvgIpc) is 1.81. The second-order valence-corrected chi connectivity index (χ2v) is 4.55. The lowest BCUT2D eigenvalue weighted by Gasteiger charge is -2.41. The largest absolute Gasteiger partial charge is 0.390 e. The Kier molecular flexibility index (Phi) is 2.26. The van der Waals surface area contributed by atoms with Gasteiger partial charge in [0.15, 0.2) is 0 Å². The Morgan fingerprint density at radius 3 is 2.27 bits per heavy atom. The monoisotopic (exact) mass is 158 g/mol. The zero-order valence-electron chi connectivity index (χ0n) is 7.54. The highest BCUT2D eigenvalue weighted by Crippen LogP contribution is 2.38. The van der Waals surface area contributed by atoms with Gasteiger partial charge in [0, 0.05) is 0 Å². The van der Waals surface area contributed by atoms with Crippen molar-refractivity contribution in [2.75, 3.05) is 0 Å². The number of rotatable bonds is 0. The highest BCUT2D eigenvalue weighted by molar-refractivity contribution is 4.90. The summed E-state index contributed by atoms with van der Waals surface area (Å²) in [6, 6.07) is 0. The van der Waals surface area contributed by atoms with Crippen molar-refractivity contribution in [1.29, 1.82) is 0 Å². The molecule has 3 atom stereocenters. The maximum absolute atomic E-state index is 9.57. The summed E-state index contributed by atoms with van der Waals surface area (Å²) >= 11 is 0. The van der Waals surface area contributed by atoms with Crippen LogP contribution in [0.3, 0.4) is 0 Å². The predicted molar refractivity (Wildman–Crippen MR) is 44.2 cm³/mol. The first-order valence-corrected chi connectivity index (χ1v) is 4.29. The van der Waals surface area contributed by atoms with E-state index in [4.69, 9.17) is 0 Å². The maximum atomic E-state index is 9.57. The van der Waals surface area contributed by atoms with E-state index in [1.54, 1.807) is 0 Å². The lowest BCUT2D eigenvalue weighted by atomic mass is 9.69. The Bertz CT molecular complexity index is 142. The fourth-order valence-corrected chi connectivity index (χ4v) is 2.16. The first-order chi connectivity index (χ1) is 4.93. The highest BCUT2D eigenvalue weighted by atomic mass is 16.3. The molecular formula is C9H18O2. The summed E-state index contributed by atoms with van der Waals surface area (Å²) in [6.45, 7) is 6.14. The van der Waals surface area contributed by atoms with Gasteiger partial charge >= 0.3 is 0 Å². The second kappa shape index (κ2) is 2.76. The number of hydrogen-bond donors (Lipinski definition) is 2. The molecule has 0 heterocycles. The molecule has 3 unspecified atom stereocenters. The first kappa shape index (κ1) is 9.01. The van der Waals surface area contributed by atoms with E-state index in [2.05, 4.69) is 6.92 Å². The van der Waals surface area contributed by atoms with Crippen LogP contribution in [-0.4, -0.2) is 22.4 Å². The van der Waals surface area contributed by atoms with E-state index in [0.29, 0.717) is 5.92 Å². The van der Waals surface area contributed by atoms with Gasteiger partial charge in [0.05, 0.1) is 12.2 Å². The Balaban J connectivity index is 2.67. The molecule has 0 saturated heterocycles. The molecule has 1 aliphatic carbocycles. The third-order valence-electron chi connectivity index (χ3n) is 2.68. The zero-order valence-corrected chi connectivity index (χ0v) is 7.54. The Hall–Kier alpha value is -0.0800. The molecule has 1 saturated carbocycles. The fourth-order valence-electron chi connectivity index (χ4n) is 2.16. The third-order valence-corrected chi connectivity index (χ3v) is 2.68. The Labute approximate surface area is 68.2 Å². The summed E-state index contributed by atoms with van der Waals surface area (Å²) in [5.74, 6) is 0.531. The molecule has 0 spiro atoms. The van der Waals surface area contributed by atoms with E-state index >= 15 is 0 Å². The van der Waals surface area contributed by atoms with E-state index in [1.807, 2.05) is 13.8 Å². The summed E-state index contributed by atoms with van der Waals surface area (Å²) in [6.07, 6.45) is 0.683. The quantitative estimate of drug-likeness (QED) is 0.555. The Morgan fingerprint density at radius 2 is 1.82 bits per heavy atom. The summed E-state index contributed by atoms with van der Waals surface area (Å²) in [7, 11) is 0. The van der Waals surface area contributed by atoms with Gasteiger partial charge in [-0.2, -0.15) is 0 Å². The molecule has 0 bridgehead atoms. The average molecular weight is 158 g/mol. The molecule has 0 aromatic heterocycles. The molecule has 1 aliphatic rings. The van der Waals surface area contributed by atoms with Gasteiger partial charge in [-0.1, -0.05) is 20.8 Å². The van der Waals surface area contributed by atoms with Gasteiger partial charge in [-0.15, -0.1) is 0 Å². The fraction of sp³-hybridized carbons (Fsp3) is 1.00. The van der Waals surface area contributed by atoms with Crippen LogP contribution in [0.25, 0.3) is 0 Å². The normalized spacial score (nSPS) is 43.9. The predicted octanol–water partition coefficient (Wildman–Crippen LogP) is 1.16.